The maximum Gasteiger partial charge on any atom is 0.251 e. The number of amides is 1. The van der Waals surface area contributed by atoms with Crippen molar-refractivity contribution in [1.82, 2.24) is 9.78 Å². The molecule has 0 unspecified atom stereocenters. The molecule has 0 saturated carbocycles. The largest absolute Gasteiger partial charge is 0.384 e. The van der Waals surface area contributed by atoms with E-state index in [1.165, 1.54) is 11.1 Å². The smallest absolute Gasteiger partial charge is 0.251 e. The van der Waals surface area contributed by atoms with Gasteiger partial charge in [-0.2, -0.15) is 5.10 Å². The van der Waals surface area contributed by atoms with Gasteiger partial charge >= 0.3 is 0 Å². The average Bonchev–Trinajstić information content (AvgIpc) is 3.20. The van der Waals surface area contributed by atoms with E-state index in [9.17, 15) is 4.79 Å². The Bertz CT molecular complexity index is 1060. The zero-order chi connectivity index (χ0) is 21.6. The molecule has 6 heteroatoms. The van der Waals surface area contributed by atoms with E-state index in [-0.39, 0.29) is 5.91 Å². The van der Waals surface area contributed by atoms with Gasteiger partial charge in [-0.05, 0) is 74.1 Å². The van der Waals surface area contributed by atoms with E-state index in [2.05, 4.69) is 46.9 Å². The highest BCUT2D eigenvalue weighted by molar-refractivity contribution is 6.09. The van der Waals surface area contributed by atoms with Crippen molar-refractivity contribution in [1.29, 1.82) is 0 Å². The molecule has 1 heterocycles. The van der Waals surface area contributed by atoms with E-state index in [1.54, 1.807) is 16.9 Å². The Morgan fingerprint density at radius 3 is 2.42 bits per heavy atom. The van der Waals surface area contributed by atoms with Crippen LogP contribution >= 0.6 is 0 Å². The van der Waals surface area contributed by atoms with Crippen LogP contribution in [0.2, 0.25) is 0 Å². The molecule has 4 N–H and O–H groups in total. The zero-order valence-electron chi connectivity index (χ0n) is 17.9. The third-order valence-corrected chi connectivity index (χ3v) is 5.69. The van der Waals surface area contributed by atoms with Crippen molar-refractivity contribution in [3.8, 4) is 0 Å². The number of anilines is 3. The minimum atomic E-state index is 0.00476. The van der Waals surface area contributed by atoms with Crippen LogP contribution in [-0.2, 0) is 11.3 Å². The third kappa shape index (κ3) is 5.15. The van der Waals surface area contributed by atoms with Gasteiger partial charge in [0.15, 0.2) is 0 Å². The van der Waals surface area contributed by atoms with Crippen molar-refractivity contribution in [3.05, 3.63) is 77.5 Å². The highest BCUT2D eigenvalue weighted by Crippen LogP contribution is 2.33. The predicted octanol–water partition coefficient (Wildman–Crippen LogP) is 4.85. The molecule has 0 bridgehead atoms. The Hall–Kier alpha value is -3.54. The van der Waals surface area contributed by atoms with Crippen molar-refractivity contribution in [2.75, 3.05) is 22.9 Å². The number of aromatic nitrogens is 2. The Morgan fingerprint density at radius 2 is 1.71 bits per heavy atom. The van der Waals surface area contributed by atoms with E-state index in [4.69, 9.17) is 5.73 Å². The molecule has 1 amide bonds. The van der Waals surface area contributed by atoms with Gasteiger partial charge in [0.25, 0.3) is 5.91 Å². The minimum absolute atomic E-state index is 0.00476. The molecule has 6 nitrogen and oxygen atoms in total. The van der Waals surface area contributed by atoms with Gasteiger partial charge < -0.3 is 16.4 Å². The monoisotopic (exact) mass is 415 g/mol. The predicted molar refractivity (Wildman–Crippen MR) is 127 cm³/mol. The van der Waals surface area contributed by atoms with Gasteiger partial charge in [0, 0.05) is 23.5 Å². The van der Waals surface area contributed by atoms with Crippen LogP contribution in [0.1, 0.15) is 36.8 Å². The molecule has 0 radical (unpaired) electrons. The van der Waals surface area contributed by atoms with Crippen molar-refractivity contribution < 1.29 is 4.79 Å². The lowest BCUT2D eigenvalue weighted by Crippen LogP contribution is -2.18. The summed E-state index contributed by atoms with van der Waals surface area (Å²) < 4.78 is 1.76. The number of nitrogens with zero attached hydrogens (tertiary/aromatic N) is 2. The van der Waals surface area contributed by atoms with E-state index in [0.717, 1.165) is 48.2 Å². The van der Waals surface area contributed by atoms with E-state index < -0.39 is 0 Å². The fourth-order valence-electron chi connectivity index (χ4n) is 3.94. The average molecular weight is 416 g/mol. The lowest BCUT2D eigenvalue weighted by atomic mass is 9.86. The summed E-state index contributed by atoms with van der Waals surface area (Å²) in [6.45, 7) is 3.48. The van der Waals surface area contributed by atoms with E-state index in [1.807, 2.05) is 24.3 Å². The number of nitrogens with two attached hydrogens (primary N) is 1. The molecule has 0 fully saturated rings. The zero-order valence-corrected chi connectivity index (χ0v) is 17.9. The van der Waals surface area contributed by atoms with Gasteiger partial charge in [-0.1, -0.05) is 29.8 Å². The number of hydrogen-bond donors (Lipinski definition) is 3. The number of rotatable bonds is 7. The Morgan fingerprint density at radius 1 is 1.00 bits per heavy atom. The summed E-state index contributed by atoms with van der Waals surface area (Å²) in [7, 11) is 0. The lowest BCUT2D eigenvalue weighted by molar-refractivity contribution is -0.113. The second-order valence-electron chi connectivity index (χ2n) is 7.97. The van der Waals surface area contributed by atoms with Crippen LogP contribution in [0.25, 0.3) is 5.57 Å². The van der Waals surface area contributed by atoms with Crippen LogP contribution in [0.3, 0.4) is 0 Å². The number of benzene rings is 2. The molecule has 160 valence electrons. The first-order valence-corrected chi connectivity index (χ1v) is 10.8. The van der Waals surface area contributed by atoms with Crippen LogP contribution in [0.15, 0.2) is 66.4 Å². The molecule has 1 aliphatic carbocycles. The highest BCUT2D eigenvalue weighted by atomic mass is 16.1. The number of aryl methyl sites for hydroxylation is 1. The number of nitrogens with one attached hydrogen (secondary N) is 2. The van der Waals surface area contributed by atoms with Gasteiger partial charge in [0.1, 0.15) is 5.82 Å². The van der Waals surface area contributed by atoms with Crippen molar-refractivity contribution in [2.45, 2.75) is 39.2 Å². The number of carbonyl (C=O) groups is 1. The first kappa shape index (κ1) is 20.7. The number of allylic oxidation sites excluding steroid dienone is 1. The van der Waals surface area contributed by atoms with Crippen molar-refractivity contribution in [2.24, 2.45) is 0 Å². The molecular formula is C25H29N5O. The van der Waals surface area contributed by atoms with E-state index >= 15 is 0 Å². The first-order valence-electron chi connectivity index (χ1n) is 10.8. The second kappa shape index (κ2) is 9.51. The summed E-state index contributed by atoms with van der Waals surface area (Å²) in [5.41, 5.74) is 12.1. The van der Waals surface area contributed by atoms with Crippen molar-refractivity contribution >= 4 is 28.7 Å². The van der Waals surface area contributed by atoms with Crippen LogP contribution < -0.4 is 16.4 Å². The molecule has 0 aliphatic heterocycles. The number of nitrogen functional groups attached to an aromatic ring is 1. The van der Waals surface area contributed by atoms with Crippen LogP contribution in [0, 0.1) is 6.92 Å². The van der Waals surface area contributed by atoms with Crippen LogP contribution in [0.5, 0.6) is 0 Å². The maximum absolute atomic E-state index is 13.0. The molecule has 4 rings (SSSR count). The second-order valence-corrected chi connectivity index (χ2v) is 7.97. The Balaban J connectivity index is 1.39. The third-order valence-electron chi connectivity index (χ3n) is 5.69. The van der Waals surface area contributed by atoms with Gasteiger partial charge in [-0.3, -0.25) is 4.79 Å². The normalized spacial score (nSPS) is 13.8. The minimum Gasteiger partial charge on any atom is -0.384 e. The van der Waals surface area contributed by atoms with Crippen LogP contribution in [-0.4, -0.2) is 22.2 Å². The highest BCUT2D eigenvalue weighted by Gasteiger charge is 2.20. The van der Waals surface area contributed by atoms with Gasteiger partial charge in [0.05, 0.1) is 12.7 Å². The summed E-state index contributed by atoms with van der Waals surface area (Å²) in [6, 6.07) is 18.0. The van der Waals surface area contributed by atoms with Gasteiger partial charge in [-0.25, -0.2) is 4.68 Å². The summed E-state index contributed by atoms with van der Waals surface area (Å²) in [5, 5.41) is 10.6. The van der Waals surface area contributed by atoms with Gasteiger partial charge in [0.2, 0.25) is 0 Å². The molecule has 2 aromatic carbocycles. The standard InChI is InChI=1S/C25H29N5O/c1-18-6-8-19(9-7-18)22-4-2-3-5-23(22)25(31)29-21-12-10-20(11-13-21)27-16-17-30-24(26)14-15-28-30/h6-15,27H,2-5,16-17,26H2,1H3,(H,29,31). The molecule has 1 aromatic heterocycles. The molecular weight excluding hydrogens is 386 g/mol. The van der Waals surface area contributed by atoms with Crippen molar-refractivity contribution in [3.63, 3.8) is 0 Å². The van der Waals surface area contributed by atoms with Crippen LogP contribution in [0.4, 0.5) is 17.2 Å². The van der Waals surface area contributed by atoms with Gasteiger partial charge in [-0.15, -0.1) is 0 Å². The first-order chi connectivity index (χ1) is 15.1. The molecule has 1 aliphatic rings. The Labute approximate surface area is 183 Å². The number of carbonyl (C=O) groups excluding carboxylic acids is 1. The fourth-order valence-corrected chi connectivity index (χ4v) is 3.94. The summed E-state index contributed by atoms with van der Waals surface area (Å²) in [4.78, 5) is 13.0. The lowest BCUT2D eigenvalue weighted by Gasteiger charge is -2.20. The number of hydrogen-bond acceptors (Lipinski definition) is 4. The summed E-state index contributed by atoms with van der Waals surface area (Å²) >= 11 is 0. The maximum atomic E-state index is 13.0. The molecule has 0 saturated heterocycles. The molecule has 31 heavy (non-hydrogen) atoms. The fraction of sp³-hybridized carbons (Fsp3) is 0.280. The molecule has 3 aromatic rings. The Kier molecular flexibility index (Phi) is 6.36. The van der Waals surface area contributed by atoms with E-state index in [0.29, 0.717) is 18.9 Å². The summed E-state index contributed by atoms with van der Waals surface area (Å²) in [6.07, 6.45) is 5.66. The molecule has 0 atom stereocenters. The quantitative estimate of drug-likeness (QED) is 0.515. The molecule has 0 spiro atoms. The SMILES string of the molecule is Cc1ccc(C2=C(C(=O)Nc3ccc(NCCn4nccc4N)cc3)CCCC2)cc1. The summed E-state index contributed by atoms with van der Waals surface area (Å²) in [5.74, 6) is 0.659. The topological polar surface area (TPSA) is 85.0 Å².